The largest absolute Gasteiger partial charge is 0.388 e. The number of benzene rings is 1. The topological polar surface area (TPSA) is 32.3 Å². The Morgan fingerprint density at radius 1 is 1.24 bits per heavy atom. The predicted octanol–water partition coefficient (Wildman–Crippen LogP) is 1.83. The predicted molar refractivity (Wildman–Crippen MR) is 69.2 cm³/mol. The van der Waals surface area contributed by atoms with Crippen LogP contribution in [0.25, 0.3) is 0 Å². The molecule has 1 unspecified atom stereocenters. The van der Waals surface area contributed by atoms with Crippen LogP contribution in [0.3, 0.4) is 0 Å². The van der Waals surface area contributed by atoms with Crippen LogP contribution < -0.4 is 5.32 Å². The number of hydrogen-bond acceptors (Lipinski definition) is 2. The first-order valence-corrected chi connectivity index (χ1v) is 6.80. The first kappa shape index (κ1) is 11.2. The third-order valence-corrected chi connectivity index (χ3v) is 4.21. The van der Waals surface area contributed by atoms with Crippen LogP contribution in [-0.4, -0.2) is 23.8 Å². The molecule has 92 valence electrons. The van der Waals surface area contributed by atoms with Crippen molar-refractivity contribution in [3.8, 4) is 0 Å². The molecule has 2 heteroatoms. The van der Waals surface area contributed by atoms with E-state index in [1.54, 1.807) is 0 Å². The van der Waals surface area contributed by atoms with Gasteiger partial charge in [0, 0.05) is 13.0 Å². The normalized spacial score (nSPS) is 28.1. The van der Waals surface area contributed by atoms with E-state index in [1.165, 1.54) is 36.0 Å². The molecule has 0 spiro atoms. The number of nitrogens with one attached hydrogen (secondary N) is 1. The molecule has 2 aliphatic rings. The highest BCUT2D eigenvalue weighted by Crippen LogP contribution is 2.29. The van der Waals surface area contributed by atoms with E-state index in [9.17, 15) is 5.11 Å². The lowest BCUT2D eigenvalue weighted by atomic mass is 9.85. The summed E-state index contributed by atoms with van der Waals surface area (Å²) in [5.41, 5.74) is 3.89. The number of fused-ring (bicyclic) bond motifs is 1. The van der Waals surface area contributed by atoms with Crippen molar-refractivity contribution < 1.29 is 5.11 Å². The molecule has 1 saturated heterocycles. The van der Waals surface area contributed by atoms with Gasteiger partial charge >= 0.3 is 0 Å². The summed E-state index contributed by atoms with van der Waals surface area (Å²) >= 11 is 0. The van der Waals surface area contributed by atoms with Gasteiger partial charge in [-0.3, -0.25) is 0 Å². The smallest absolute Gasteiger partial charge is 0.0812 e. The van der Waals surface area contributed by atoms with Crippen LogP contribution in [0.15, 0.2) is 18.2 Å². The second kappa shape index (κ2) is 4.43. The lowest BCUT2D eigenvalue weighted by molar-refractivity contribution is 0.0168. The molecule has 17 heavy (non-hydrogen) atoms. The van der Waals surface area contributed by atoms with E-state index in [0.717, 1.165) is 32.4 Å². The SMILES string of the molecule is OC1(Cc2cccc3c2CCC3)CCCNC1. The zero-order valence-electron chi connectivity index (χ0n) is 10.3. The van der Waals surface area contributed by atoms with E-state index in [-0.39, 0.29) is 0 Å². The molecule has 2 N–H and O–H groups in total. The summed E-state index contributed by atoms with van der Waals surface area (Å²) in [5, 5.41) is 13.9. The van der Waals surface area contributed by atoms with Gasteiger partial charge in [0.15, 0.2) is 0 Å². The molecule has 2 nitrogen and oxygen atoms in total. The van der Waals surface area contributed by atoms with Crippen LogP contribution in [0, 0.1) is 0 Å². The van der Waals surface area contributed by atoms with Crippen molar-refractivity contribution >= 4 is 0 Å². The molecule has 1 fully saturated rings. The summed E-state index contributed by atoms with van der Waals surface area (Å²) in [5.74, 6) is 0. The van der Waals surface area contributed by atoms with Gasteiger partial charge in [-0.25, -0.2) is 0 Å². The van der Waals surface area contributed by atoms with Crippen molar-refractivity contribution in [2.45, 2.75) is 44.1 Å². The van der Waals surface area contributed by atoms with E-state index in [2.05, 4.69) is 23.5 Å². The fourth-order valence-electron chi connectivity index (χ4n) is 3.32. The Labute approximate surface area is 103 Å². The molecule has 1 atom stereocenters. The fraction of sp³-hybridized carbons (Fsp3) is 0.600. The molecule has 1 aliphatic carbocycles. The summed E-state index contributed by atoms with van der Waals surface area (Å²) in [6.07, 6.45) is 6.55. The molecule has 3 rings (SSSR count). The molecule has 0 aromatic heterocycles. The Hall–Kier alpha value is -0.860. The number of aryl methyl sites for hydroxylation is 1. The van der Waals surface area contributed by atoms with Gasteiger partial charge < -0.3 is 10.4 Å². The van der Waals surface area contributed by atoms with Crippen molar-refractivity contribution in [1.82, 2.24) is 5.32 Å². The first-order valence-electron chi connectivity index (χ1n) is 6.80. The summed E-state index contributed by atoms with van der Waals surface area (Å²) in [4.78, 5) is 0. The third kappa shape index (κ3) is 2.24. The number of rotatable bonds is 2. The van der Waals surface area contributed by atoms with Gasteiger partial charge in [-0.1, -0.05) is 18.2 Å². The molecule has 0 saturated carbocycles. The van der Waals surface area contributed by atoms with Gasteiger partial charge in [0.05, 0.1) is 5.60 Å². The number of hydrogen-bond donors (Lipinski definition) is 2. The van der Waals surface area contributed by atoms with Crippen LogP contribution in [0.1, 0.15) is 36.0 Å². The number of β-amino-alcohol motifs (C(OH)–C–C–N with tert-alkyl or cyclic N) is 1. The van der Waals surface area contributed by atoms with Crippen molar-refractivity contribution in [2.24, 2.45) is 0 Å². The Balaban J connectivity index is 1.83. The Morgan fingerprint density at radius 2 is 2.18 bits per heavy atom. The molecule has 1 aromatic carbocycles. The minimum absolute atomic E-state index is 0.518. The Kier molecular flexibility index (Phi) is 2.93. The van der Waals surface area contributed by atoms with Crippen molar-refractivity contribution in [2.75, 3.05) is 13.1 Å². The molecule has 0 amide bonds. The van der Waals surface area contributed by atoms with Gasteiger partial charge in [-0.2, -0.15) is 0 Å². The molecular formula is C15H21NO. The van der Waals surface area contributed by atoms with E-state index in [1.807, 2.05) is 0 Å². The third-order valence-electron chi connectivity index (χ3n) is 4.21. The lowest BCUT2D eigenvalue weighted by Gasteiger charge is -2.33. The van der Waals surface area contributed by atoms with Crippen molar-refractivity contribution in [3.05, 3.63) is 34.9 Å². The number of piperidine rings is 1. The van der Waals surface area contributed by atoms with E-state index < -0.39 is 5.60 Å². The van der Waals surface area contributed by atoms with Gasteiger partial charge in [0.1, 0.15) is 0 Å². The van der Waals surface area contributed by atoms with E-state index >= 15 is 0 Å². The second-order valence-electron chi connectivity index (χ2n) is 5.59. The minimum Gasteiger partial charge on any atom is -0.388 e. The number of aliphatic hydroxyl groups is 1. The van der Waals surface area contributed by atoms with Crippen molar-refractivity contribution in [1.29, 1.82) is 0 Å². The lowest BCUT2D eigenvalue weighted by Crippen LogP contribution is -2.47. The summed E-state index contributed by atoms with van der Waals surface area (Å²) in [6.45, 7) is 1.80. The van der Waals surface area contributed by atoms with Gasteiger partial charge in [0.25, 0.3) is 0 Å². The molecule has 1 aromatic rings. The fourth-order valence-corrected chi connectivity index (χ4v) is 3.32. The Morgan fingerprint density at radius 3 is 3.00 bits per heavy atom. The van der Waals surface area contributed by atoms with Gasteiger partial charge in [-0.15, -0.1) is 0 Å². The van der Waals surface area contributed by atoms with Crippen molar-refractivity contribution in [3.63, 3.8) is 0 Å². The van der Waals surface area contributed by atoms with Gasteiger partial charge in [-0.05, 0) is 55.3 Å². The Bertz CT molecular complexity index is 407. The summed E-state index contributed by atoms with van der Waals surface area (Å²) in [6, 6.07) is 6.60. The average molecular weight is 231 g/mol. The van der Waals surface area contributed by atoms with Crippen LogP contribution in [0.5, 0.6) is 0 Å². The van der Waals surface area contributed by atoms with Crippen LogP contribution in [-0.2, 0) is 19.3 Å². The van der Waals surface area contributed by atoms with Crippen LogP contribution >= 0.6 is 0 Å². The van der Waals surface area contributed by atoms with E-state index in [0.29, 0.717) is 0 Å². The monoisotopic (exact) mass is 231 g/mol. The first-order chi connectivity index (χ1) is 8.27. The summed E-state index contributed by atoms with van der Waals surface area (Å²) in [7, 11) is 0. The molecule has 0 bridgehead atoms. The second-order valence-corrected chi connectivity index (χ2v) is 5.59. The zero-order valence-corrected chi connectivity index (χ0v) is 10.3. The molecule has 1 heterocycles. The highest BCUT2D eigenvalue weighted by Gasteiger charge is 2.30. The molecule has 0 radical (unpaired) electrons. The summed E-state index contributed by atoms with van der Waals surface area (Å²) < 4.78 is 0. The van der Waals surface area contributed by atoms with Crippen LogP contribution in [0.4, 0.5) is 0 Å². The van der Waals surface area contributed by atoms with Crippen LogP contribution in [0.2, 0.25) is 0 Å². The minimum atomic E-state index is -0.518. The quantitative estimate of drug-likeness (QED) is 0.814. The van der Waals surface area contributed by atoms with E-state index in [4.69, 9.17) is 0 Å². The molecular weight excluding hydrogens is 210 g/mol. The maximum absolute atomic E-state index is 10.6. The maximum atomic E-state index is 10.6. The molecule has 1 aliphatic heterocycles. The standard InChI is InChI=1S/C15H21NO/c17-15(8-3-9-16-11-15)10-13-6-1-4-12-5-2-7-14(12)13/h1,4,6,16-17H,2-3,5,7-11H2. The average Bonchev–Trinajstić information content (AvgIpc) is 2.79. The van der Waals surface area contributed by atoms with Gasteiger partial charge in [0.2, 0.25) is 0 Å². The highest BCUT2D eigenvalue weighted by molar-refractivity contribution is 5.39. The maximum Gasteiger partial charge on any atom is 0.0812 e. The highest BCUT2D eigenvalue weighted by atomic mass is 16.3. The zero-order chi connectivity index (χ0) is 11.7.